The number of nitriles is 1. The fourth-order valence-electron chi connectivity index (χ4n) is 11.8. The predicted molar refractivity (Wildman–Crippen MR) is 424 cm³/mol. The average Bonchev–Trinajstić information content (AvgIpc) is 1.68. The van der Waals surface area contributed by atoms with Gasteiger partial charge in [0, 0.05) is 160 Å². The summed E-state index contributed by atoms with van der Waals surface area (Å²) in [5, 5.41) is 9.13. The molecule has 11 aromatic heterocycles. The molecule has 18 aromatic rings. The minimum atomic E-state index is -0.922. The van der Waals surface area contributed by atoms with Gasteiger partial charge in [-0.2, -0.15) is 5.26 Å². The molecule has 584 valence electrons. The van der Waals surface area contributed by atoms with Crippen LogP contribution in [-0.4, -0.2) is 73.1 Å². The van der Waals surface area contributed by atoms with Crippen molar-refractivity contribution in [2.75, 3.05) is 0 Å². The first-order valence-corrected chi connectivity index (χ1v) is 35.4. The van der Waals surface area contributed by atoms with E-state index < -0.39 is 29.2 Å². The smallest absolute Gasteiger partial charge is 0.176 e. The Balaban J connectivity index is 0.000000159. The second-order valence-corrected chi connectivity index (χ2v) is 25.8. The molecule has 0 aliphatic rings. The Hall–Kier alpha value is -12.2. The van der Waals surface area contributed by atoms with E-state index in [9.17, 15) is 17.6 Å². The van der Waals surface area contributed by atoms with E-state index in [1.165, 1.54) is 23.5 Å². The molecule has 0 aliphatic carbocycles. The van der Waals surface area contributed by atoms with Crippen LogP contribution in [0.2, 0.25) is 0 Å². The van der Waals surface area contributed by atoms with Gasteiger partial charge in [-0.3, -0.25) is 38.5 Å². The molecule has 4 radical (unpaired) electrons. The van der Waals surface area contributed by atoms with Gasteiger partial charge in [-0.25, -0.2) is 8.78 Å². The van der Waals surface area contributed by atoms with Gasteiger partial charge in [-0.1, -0.05) is 279 Å². The molecule has 0 unspecified atom stereocenters. The van der Waals surface area contributed by atoms with Gasteiger partial charge >= 0.3 is 0 Å². The third kappa shape index (κ3) is 22.0. The van der Waals surface area contributed by atoms with Gasteiger partial charge in [-0.05, 0) is 110 Å². The first-order chi connectivity index (χ1) is 54.8. The van der Waals surface area contributed by atoms with Crippen molar-refractivity contribution >= 4 is 49.8 Å². The quantitative estimate of drug-likeness (QED) is 0.0640. The minimum Gasteiger partial charge on any atom is -0.411 e. The van der Waals surface area contributed by atoms with E-state index in [0.717, 1.165) is 109 Å². The van der Waals surface area contributed by atoms with Crippen LogP contribution >= 0.6 is 0 Å². The first kappa shape index (κ1) is 87.7. The summed E-state index contributed by atoms with van der Waals surface area (Å²) in [7, 11) is 0. The number of rotatable bonds is 12. The van der Waals surface area contributed by atoms with E-state index in [1.54, 1.807) is 53.2 Å². The summed E-state index contributed by atoms with van der Waals surface area (Å²) in [6, 6.07) is 85.2. The van der Waals surface area contributed by atoms with Crippen LogP contribution in [0.15, 0.2) is 286 Å². The maximum absolute atomic E-state index is 13.7. The molecular weight excluding hydrogens is 2180 g/mol. The van der Waals surface area contributed by atoms with Crippen LogP contribution in [0, 0.1) is 90.7 Å². The first-order valence-electron chi connectivity index (χ1n) is 35.4. The monoisotopic (exact) mass is 2240 g/mol. The Morgan fingerprint density at radius 3 is 1.27 bits per heavy atom. The molecule has 0 saturated heterocycles. The third-order valence-electron chi connectivity index (χ3n) is 17.0. The van der Waals surface area contributed by atoms with Gasteiger partial charge in [0.2, 0.25) is 0 Å². The van der Waals surface area contributed by atoms with E-state index in [0.29, 0.717) is 34.3 Å². The summed E-state index contributed by atoms with van der Waals surface area (Å²) < 4.78 is 59.8. The van der Waals surface area contributed by atoms with Crippen LogP contribution < -0.4 is 0 Å². The Bertz CT molecular complexity index is 6110. The number of nitrogens with zero attached hydrogens (tertiary/aromatic N) is 17. The molecule has 116 heavy (non-hydrogen) atoms. The van der Waals surface area contributed by atoms with Gasteiger partial charge in [0.1, 0.15) is 11.9 Å². The zero-order valence-electron chi connectivity index (χ0n) is 62.2. The number of pyridine rings is 7. The van der Waals surface area contributed by atoms with E-state index in [4.69, 9.17) is 11.8 Å². The SMILES string of the molecule is CC(C)Cc1ccnc(-n2[c-]nc3c(C#N)cccc32)c1.CC(C)Cc1ccnc(-n2[c-]nc3ccccc32)c1.Fc1c[c-]c(-c2ccccn2)c(F)n1.[C-]#[N+]c1c(F)c[c-]c(-c2ccccn2)c1F.[Ir].[Ir].[Ir].[Ir].[c-]1nc2ccccc2n1-c1ccc(-c2ccccc2)cn1.[c-]1nc2ccccc2n1-c1ccc(-c2ccccc2)cn1. The zero-order chi connectivity index (χ0) is 77.7. The van der Waals surface area contributed by atoms with Crippen LogP contribution in [0.1, 0.15) is 44.4 Å². The molecule has 7 aromatic carbocycles. The maximum atomic E-state index is 13.7. The fourth-order valence-corrected chi connectivity index (χ4v) is 11.8. The second kappa shape index (κ2) is 42.8. The topological polar surface area (TPSA) is 190 Å². The summed E-state index contributed by atoms with van der Waals surface area (Å²) in [6.07, 6.45) is 24.4. The minimum absolute atomic E-state index is 0. The number of para-hydroxylation sites is 7. The number of hydrogen-bond acceptors (Lipinski definition) is 12. The number of fused-ring (bicyclic) bond motifs is 4. The summed E-state index contributed by atoms with van der Waals surface area (Å²) in [6.45, 7) is 15.5. The summed E-state index contributed by atoms with van der Waals surface area (Å²) >= 11 is 0. The van der Waals surface area contributed by atoms with Gasteiger partial charge < -0.3 is 48.2 Å². The summed E-state index contributed by atoms with van der Waals surface area (Å²) in [5.41, 5.74) is 15.2. The zero-order valence-corrected chi connectivity index (χ0v) is 71.7. The van der Waals surface area contributed by atoms with E-state index in [1.807, 2.05) is 172 Å². The third-order valence-corrected chi connectivity index (χ3v) is 17.0. The van der Waals surface area contributed by atoms with Crippen molar-refractivity contribution in [3.8, 4) is 74.1 Å². The Morgan fingerprint density at radius 2 is 0.836 bits per heavy atom. The van der Waals surface area contributed by atoms with Crippen molar-refractivity contribution in [2.24, 2.45) is 11.8 Å². The normalized spacial score (nSPS) is 10.3. The van der Waals surface area contributed by atoms with Gasteiger partial charge in [0.15, 0.2) is 5.69 Å². The number of halogens is 4. The fraction of sp³-hybridized carbons (Fsp3) is 0.0879. The molecule has 0 amide bonds. The van der Waals surface area contributed by atoms with Gasteiger partial charge in [0.25, 0.3) is 0 Å². The molecule has 0 saturated carbocycles. The van der Waals surface area contributed by atoms with Crippen LogP contribution in [0.3, 0.4) is 0 Å². The molecular formula is C91H65F4Ir4N17-6. The molecule has 18 rings (SSSR count). The molecule has 0 atom stereocenters. The average molecular weight is 2240 g/mol. The Kier molecular flexibility index (Phi) is 32.3. The predicted octanol–water partition coefficient (Wildman–Crippen LogP) is 20.1. The number of hydrogen-bond donors (Lipinski definition) is 0. The molecule has 0 N–H and O–H groups in total. The molecule has 0 fully saturated rings. The van der Waals surface area contributed by atoms with Crippen molar-refractivity contribution in [2.45, 2.75) is 40.5 Å². The van der Waals surface area contributed by atoms with Crippen molar-refractivity contribution in [3.63, 3.8) is 0 Å². The number of imidazole rings is 4. The molecule has 0 bridgehead atoms. The largest absolute Gasteiger partial charge is 0.411 e. The molecule has 11 heterocycles. The van der Waals surface area contributed by atoms with Crippen LogP contribution in [0.25, 0.3) is 117 Å². The van der Waals surface area contributed by atoms with Crippen molar-refractivity contribution < 1.29 is 98.0 Å². The van der Waals surface area contributed by atoms with Crippen molar-refractivity contribution in [3.05, 3.63) is 375 Å². The van der Waals surface area contributed by atoms with E-state index in [2.05, 4.69) is 185 Å². The molecule has 25 heteroatoms. The van der Waals surface area contributed by atoms with Gasteiger partial charge in [0.05, 0.1) is 35.9 Å². The summed E-state index contributed by atoms with van der Waals surface area (Å²) in [4.78, 5) is 48.7. The Morgan fingerprint density at radius 1 is 0.414 bits per heavy atom. The van der Waals surface area contributed by atoms with Crippen molar-refractivity contribution in [1.82, 2.24) is 73.1 Å². The Labute approximate surface area is 721 Å². The van der Waals surface area contributed by atoms with Crippen LogP contribution in [-0.2, 0) is 93.3 Å². The van der Waals surface area contributed by atoms with Crippen LogP contribution in [0.5, 0.6) is 0 Å². The standard InChI is InChI=1S/2C18H12N3.C17H15N4.C16H16N3.C12H5F2N2.C10H5F2N2.4Ir/c2*1-2-6-14(7-3-1)15-10-11-18(19-12-15)21-13-20-16-8-4-5-9-17(16)21;1-12(2)8-13-6-7-19-16(9-13)21-11-20-17-14(10-18)4-3-5-15(17)21;1-12(2)9-13-7-8-17-16(10-13)19-11-18-14-5-3-4-6-15(14)19;1-15-12-9(13)6-5-8(11(12)14)10-4-2-3-7-16-10;11-9-5-4-7(10(12)14-9)8-3-1-2-6-13-8;;;;/h2*1-12H;3-7,9,12H,8H2,1-2H3;3-8,10,12H,9H2,1-2H3;2-4,6-7H;1-3,5-6H;;;;/q6*-1;;;;. The van der Waals surface area contributed by atoms with E-state index >= 15 is 0 Å². The van der Waals surface area contributed by atoms with Crippen LogP contribution in [0.4, 0.5) is 23.2 Å². The van der Waals surface area contributed by atoms with E-state index in [-0.39, 0.29) is 91.5 Å². The van der Waals surface area contributed by atoms with Crippen molar-refractivity contribution in [1.29, 1.82) is 5.26 Å². The molecule has 17 nitrogen and oxygen atoms in total. The molecule has 0 aliphatic heterocycles. The maximum Gasteiger partial charge on any atom is 0.176 e. The van der Waals surface area contributed by atoms with Gasteiger partial charge in [-0.15, -0.1) is 23.8 Å². The number of benzene rings is 7. The molecule has 0 spiro atoms. The summed E-state index contributed by atoms with van der Waals surface area (Å²) in [5.74, 6) is 0.920. The number of aromatic nitrogens is 15. The second-order valence-electron chi connectivity index (χ2n) is 25.8.